The summed E-state index contributed by atoms with van der Waals surface area (Å²) in [6.45, 7) is 0.522. The van der Waals surface area contributed by atoms with Crippen LogP contribution in [-0.4, -0.2) is 41.4 Å². The van der Waals surface area contributed by atoms with Crippen molar-refractivity contribution < 1.29 is 19.1 Å². The van der Waals surface area contributed by atoms with E-state index in [2.05, 4.69) is 12.1 Å². The first-order valence-corrected chi connectivity index (χ1v) is 11.2. The monoisotopic (exact) mass is 419 g/mol. The van der Waals surface area contributed by atoms with E-state index in [0.29, 0.717) is 19.4 Å². The Kier molecular flexibility index (Phi) is 5.30. The zero-order chi connectivity index (χ0) is 21.4. The van der Waals surface area contributed by atoms with Crippen LogP contribution in [0.1, 0.15) is 43.2 Å². The predicted molar refractivity (Wildman–Crippen MR) is 117 cm³/mol. The van der Waals surface area contributed by atoms with Gasteiger partial charge >= 0.3 is 0 Å². The number of carbonyl (C=O) groups is 2. The first-order chi connectivity index (χ1) is 15.1. The van der Waals surface area contributed by atoms with Gasteiger partial charge in [0.05, 0.1) is 25.9 Å². The van der Waals surface area contributed by atoms with E-state index in [0.717, 1.165) is 42.6 Å². The number of hydrogen-bond acceptors (Lipinski definition) is 4. The Balaban J connectivity index is 1.38. The Morgan fingerprint density at radius 2 is 1.77 bits per heavy atom. The molecule has 0 aromatic heterocycles. The third kappa shape index (κ3) is 3.65. The number of ketones is 1. The van der Waals surface area contributed by atoms with Crippen molar-refractivity contribution >= 4 is 11.7 Å². The lowest BCUT2D eigenvalue weighted by Crippen LogP contribution is -2.65. The Hall–Kier alpha value is -2.66. The number of nitrogens with zero attached hydrogens (tertiary/aromatic N) is 1. The third-order valence-corrected chi connectivity index (χ3v) is 7.43. The average molecular weight is 420 g/mol. The highest BCUT2D eigenvalue weighted by molar-refractivity contribution is 5.94. The second-order valence-electron chi connectivity index (χ2n) is 9.14. The van der Waals surface area contributed by atoms with Crippen LogP contribution >= 0.6 is 0 Å². The van der Waals surface area contributed by atoms with E-state index in [1.54, 1.807) is 7.11 Å². The highest BCUT2D eigenvalue weighted by Gasteiger charge is 2.59. The summed E-state index contributed by atoms with van der Waals surface area (Å²) < 4.78 is 11.5. The molecule has 31 heavy (non-hydrogen) atoms. The van der Waals surface area contributed by atoms with E-state index < -0.39 is 6.04 Å². The van der Waals surface area contributed by atoms with Gasteiger partial charge in [0.2, 0.25) is 5.91 Å². The molecule has 3 aliphatic rings. The van der Waals surface area contributed by atoms with E-state index in [9.17, 15) is 9.59 Å². The highest BCUT2D eigenvalue weighted by atomic mass is 16.5. The summed E-state index contributed by atoms with van der Waals surface area (Å²) in [6.07, 6.45) is 4.39. The first-order valence-electron chi connectivity index (χ1n) is 11.2. The van der Waals surface area contributed by atoms with Crippen molar-refractivity contribution in [3.63, 3.8) is 0 Å². The molecule has 1 spiro atoms. The molecule has 2 bridgehead atoms. The third-order valence-electron chi connectivity index (χ3n) is 7.43. The minimum Gasteiger partial charge on any atom is -0.497 e. The lowest BCUT2D eigenvalue weighted by molar-refractivity contribution is -0.164. The molecule has 1 aliphatic carbocycles. The van der Waals surface area contributed by atoms with E-state index in [1.807, 2.05) is 47.4 Å². The van der Waals surface area contributed by atoms with Crippen LogP contribution in [0.3, 0.4) is 0 Å². The molecule has 3 fully saturated rings. The Labute approximate surface area is 183 Å². The van der Waals surface area contributed by atoms with Crippen LogP contribution in [0.25, 0.3) is 0 Å². The fourth-order valence-electron chi connectivity index (χ4n) is 5.86. The van der Waals surface area contributed by atoms with Crippen molar-refractivity contribution in [2.75, 3.05) is 7.11 Å². The van der Waals surface area contributed by atoms with Gasteiger partial charge in [-0.05, 0) is 55.4 Å². The fourth-order valence-corrected chi connectivity index (χ4v) is 5.86. The molecule has 2 aliphatic heterocycles. The summed E-state index contributed by atoms with van der Waals surface area (Å²) in [5.74, 6) is 0.954. The van der Waals surface area contributed by atoms with Gasteiger partial charge in [-0.15, -0.1) is 0 Å². The van der Waals surface area contributed by atoms with Crippen LogP contribution < -0.4 is 4.74 Å². The number of methoxy groups -OCH3 is 1. The van der Waals surface area contributed by atoms with E-state index in [-0.39, 0.29) is 29.3 Å². The number of amides is 1. The summed E-state index contributed by atoms with van der Waals surface area (Å²) in [7, 11) is 1.64. The van der Waals surface area contributed by atoms with Gasteiger partial charge in [-0.1, -0.05) is 42.5 Å². The number of rotatable bonds is 6. The van der Waals surface area contributed by atoms with Gasteiger partial charge in [0.1, 0.15) is 5.75 Å². The van der Waals surface area contributed by atoms with Crippen LogP contribution in [0.5, 0.6) is 5.75 Å². The average Bonchev–Trinajstić information content (AvgIpc) is 3.12. The topological polar surface area (TPSA) is 55.8 Å². The summed E-state index contributed by atoms with van der Waals surface area (Å²) in [6, 6.07) is 17.5. The van der Waals surface area contributed by atoms with Crippen LogP contribution in [0.2, 0.25) is 0 Å². The van der Waals surface area contributed by atoms with Gasteiger partial charge in [0.15, 0.2) is 5.78 Å². The summed E-state index contributed by atoms with van der Waals surface area (Å²) >= 11 is 0. The Morgan fingerprint density at radius 3 is 2.52 bits per heavy atom. The van der Waals surface area contributed by atoms with Crippen LogP contribution in [0.15, 0.2) is 54.6 Å². The quantitative estimate of drug-likeness (QED) is 0.712. The number of piperidine rings is 1. The molecule has 5 rings (SSSR count). The normalized spacial score (nSPS) is 29.7. The lowest BCUT2D eigenvalue weighted by atomic mass is 9.66. The minimum absolute atomic E-state index is 0.0745. The standard InChI is InChI=1S/C26H29NO4/c1-30-20-9-7-18(8-10-20)15-22-25(29)21-16-26(14-12-24(28)27(22)26)13-11-23(21)31-17-19-5-3-2-4-6-19/h2-10,21-23H,11-17H2,1H3/t21-,22+,23-,26+/m1/s1. The summed E-state index contributed by atoms with van der Waals surface area (Å²) in [5.41, 5.74) is 2.01. The van der Waals surface area contributed by atoms with Crippen LogP contribution in [0, 0.1) is 5.92 Å². The molecular formula is C26H29NO4. The number of fused-ring (bicyclic) bond motifs is 1. The largest absolute Gasteiger partial charge is 0.497 e. The first kappa shape index (κ1) is 20.3. The molecular weight excluding hydrogens is 390 g/mol. The molecule has 5 nitrogen and oxygen atoms in total. The molecule has 0 radical (unpaired) electrons. The van der Waals surface area contributed by atoms with Gasteiger partial charge in [0, 0.05) is 17.9 Å². The molecule has 4 atom stereocenters. The maximum absolute atomic E-state index is 13.7. The zero-order valence-corrected chi connectivity index (χ0v) is 18.0. The van der Waals surface area contributed by atoms with Crippen LogP contribution in [0.4, 0.5) is 0 Å². The fraction of sp³-hybridized carbons (Fsp3) is 0.462. The van der Waals surface area contributed by atoms with Gasteiger partial charge in [-0.3, -0.25) is 9.59 Å². The van der Waals surface area contributed by atoms with Crippen molar-refractivity contribution in [1.29, 1.82) is 0 Å². The summed E-state index contributed by atoms with van der Waals surface area (Å²) in [4.78, 5) is 28.5. The molecule has 2 heterocycles. The SMILES string of the molecule is COc1ccc(C[C@H]2C(=O)[C@@H]3C[C@@]4(CCC(=O)N24)CC[C@H]3OCc2ccccc2)cc1. The Morgan fingerprint density at radius 1 is 1.00 bits per heavy atom. The van der Waals surface area contributed by atoms with Crippen molar-refractivity contribution in [2.24, 2.45) is 5.92 Å². The minimum atomic E-state index is -0.398. The zero-order valence-electron chi connectivity index (χ0n) is 18.0. The molecule has 1 saturated carbocycles. The Bertz CT molecular complexity index is 957. The molecule has 1 amide bonds. The smallest absolute Gasteiger partial charge is 0.223 e. The predicted octanol–water partition coefficient (Wildman–Crippen LogP) is 3.94. The highest BCUT2D eigenvalue weighted by Crippen LogP contribution is 2.51. The maximum Gasteiger partial charge on any atom is 0.223 e. The maximum atomic E-state index is 13.7. The van der Waals surface area contributed by atoms with E-state index in [4.69, 9.17) is 9.47 Å². The van der Waals surface area contributed by atoms with Gasteiger partial charge < -0.3 is 14.4 Å². The molecule has 2 aromatic carbocycles. The number of carbonyl (C=O) groups excluding carboxylic acids is 2. The molecule has 5 heteroatoms. The molecule has 0 unspecified atom stereocenters. The molecule has 162 valence electrons. The van der Waals surface area contributed by atoms with E-state index >= 15 is 0 Å². The summed E-state index contributed by atoms with van der Waals surface area (Å²) in [5, 5.41) is 0. The van der Waals surface area contributed by atoms with Gasteiger partial charge in [-0.2, -0.15) is 0 Å². The number of ether oxygens (including phenoxy) is 2. The van der Waals surface area contributed by atoms with Crippen LogP contribution in [-0.2, 0) is 27.4 Å². The second kappa shape index (κ2) is 8.12. The molecule has 2 saturated heterocycles. The lowest BCUT2D eigenvalue weighted by Gasteiger charge is -2.54. The van der Waals surface area contributed by atoms with Crippen molar-refractivity contribution in [3.8, 4) is 5.75 Å². The van der Waals surface area contributed by atoms with Gasteiger partial charge in [0.25, 0.3) is 0 Å². The number of Topliss-reactive ketones (excluding diaryl/α,β-unsaturated/α-hetero) is 1. The second-order valence-corrected chi connectivity index (χ2v) is 9.14. The van der Waals surface area contributed by atoms with Crippen molar-refractivity contribution in [2.45, 2.75) is 62.8 Å². The number of benzene rings is 2. The van der Waals surface area contributed by atoms with Crippen molar-refractivity contribution in [3.05, 3.63) is 65.7 Å². The number of hydrogen-bond donors (Lipinski definition) is 0. The van der Waals surface area contributed by atoms with Gasteiger partial charge in [-0.25, -0.2) is 0 Å². The molecule has 2 aromatic rings. The molecule has 0 N–H and O–H groups in total. The van der Waals surface area contributed by atoms with E-state index in [1.165, 1.54) is 0 Å². The van der Waals surface area contributed by atoms with Crippen molar-refractivity contribution in [1.82, 2.24) is 4.90 Å².